The number of aliphatic hydroxyl groups is 1. The van der Waals surface area contributed by atoms with E-state index in [1.54, 1.807) is 0 Å². The first-order valence-corrected chi connectivity index (χ1v) is 4.80. The van der Waals surface area contributed by atoms with Crippen molar-refractivity contribution in [2.24, 2.45) is 5.41 Å². The van der Waals surface area contributed by atoms with E-state index in [0.717, 1.165) is 0 Å². The largest absolute Gasteiger partial charge is 0.481 e. The van der Waals surface area contributed by atoms with Crippen LogP contribution in [0.4, 0.5) is 0 Å². The van der Waals surface area contributed by atoms with Gasteiger partial charge < -0.3 is 10.2 Å². The Labute approximate surface area is 85.4 Å². The molecule has 1 atom stereocenters. The molecule has 0 heterocycles. The molecule has 0 aromatic rings. The van der Waals surface area contributed by atoms with Gasteiger partial charge in [-0.1, -0.05) is 27.4 Å². The number of rotatable bonds is 5. The molecule has 0 aliphatic rings. The van der Waals surface area contributed by atoms with E-state index >= 15 is 0 Å². The summed E-state index contributed by atoms with van der Waals surface area (Å²) in [5.41, 5.74) is 0.647. The highest BCUT2D eigenvalue weighted by molar-refractivity contribution is 5.67. The minimum absolute atomic E-state index is 0.0333. The van der Waals surface area contributed by atoms with Gasteiger partial charge >= 0.3 is 5.97 Å². The average Bonchev–Trinajstić information content (AvgIpc) is 1.96. The zero-order valence-electron chi connectivity index (χ0n) is 9.21. The van der Waals surface area contributed by atoms with E-state index in [9.17, 15) is 9.90 Å². The Kier molecular flexibility index (Phi) is 4.85. The first-order valence-electron chi connectivity index (χ1n) is 4.80. The molecule has 3 heteroatoms. The van der Waals surface area contributed by atoms with Gasteiger partial charge in [-0.2, -0.15) is 0 Å². The van der Waals surface area contributed by atoms with Crippen molar-refractivity contribution >= 4 is 5.97 Å². The summed E-state index contributed by atoms with van der Waals surface area (Å²) in [6.45, 7) is 9.78. The van der Waals surface area contributed by atoms with Gasteiger partial charge in [-0.15, -0.1) is 0 Å². The number of carboxylic acid groups (broad SMARTS) is 1. The van der Waals surface area contributed by atoms with Crippen molar-refractivity contribution in [3.8, 4) is 0 Å². The van der Waals surface area contributed by atoms with Gasteiger partial charge in [0.25, 0.3) is 0 Å². The van der Waals surface area contributed by atoms with Gasteiger partial charge in [0.05, 0.1) is 6.10 Å². The monoisotopic (exact) mass is 200 g/mol. The molecule has 14 heavy (non-hydrogen) atoms. The summed E-state index contributed by atoms with van der Waals surface area (Å²) in [4.78, 5) is 10.3. The zero-order valence-corrected chi connectivity index (χ0v) is 9.21. The summed E-state index contributed by atoms with van der Waals surface area (Å²) in [5.74, 6) is -0.853. The smallest absolute Gasteiger partial charge is 0.303 e. The van der Waals surface area contributed by atoms with Gasteiger partial charge in [-0.3, -0.25) is 4.79 Å². The quantitative estimate of drug-likeness (QED) is 0.669. The van der Waals surface area contributed by atoms with E-state index < -0.39 is 12.1 Å². The lowest BCUT2D eigenvalue weighted by atomic mass is 9.86. The van der Waals surface area contributed by atoms with Crippen LogP contribution in [0.1, 0.15) is 40.0 Å². The van der Waals surface area contributed by atoms with E-state index in [0.29, 0.717) is 18.4 Å². The molecule has 0 aromatic carbocycles. The van der Waals surface area contributed by atoms with Gasteiger partial charge in [-0.25, -0.2) is 0 Å². The van der Waals surface area contributed by atoms with Crippen LogP contribution in [0.2, 0.25) is 0 Å². The molecule has 2 N–H and O–H groups in total. The van der Waals surface area contributed by atoms with E-state index in [1.165, 1.54) is 0 Å². The third-order valence-electron chi connectivity index (χ3n) is 1.94. The Balaban J connectivity index is 3.94. The van der Waals surface area contributed by atoms with Gasteiger partial charge in [-0.05, 0) is 23.8 Å². The van der Waals surface area contributed by atoms with Crippen LogP contribution in [0.3, 0.4) is 0 Å². The van der Waals surface area contributed by atoms with Crippen LogP contribution >= 0.6 is 0 Å². The Bertz CT molecular complexity index is 213. The maximum atomic E-state index is 10.3. The van der Waals surface area contributed by atoms with Crippen LogP contribution in [-0.4, -0.2) is 22.3 Å². The topological polar surface area (TPSA) is 57.5 Å². The van der Waals surface area contributed by atoms with Crippen molar-refractivity contribution in [1.29, 1.82) is 0 Å². The predicted molar refractivity (Wildman–Crippen MR) is 56.1 cm³/mol. The number of aliphatic carboxylic acids is 1. The Morgan fingerprint density at radius 1 is 1.36 bits per heavy atom. The van der Waals surface area contributed by atoms with Crippen LogP contribution < -0.4 is 0 Å². The van der Waals surface area contributed by atoms with E-state index in [1.807, 2.05) is 20.8 Å². The number of carbonyl (C=O) groups is 1. The highest BCUT2D eigenvalue weighted by atomic mass is 16.4. The van der Waals surface area contributed by atoms with E-state index in [-0.39, 0.29) is 11.8 Å². The van der Waals surface area contributed by atoms with Gasteiger partial charge in [0.15, 0.2) is 0 Å². The maximum Gasteiger partial charge on any atom is 0.303 e. The summed E-state index contributed by atoms with van der Waals surface area (Å²) >= 11 is 0. The summed E-state index contributed by atoms with van der Waals surface area (Å²) in [6.07, 6.45) is 0.423. The molecule has 0 saturated heterocycles. The third kappa shape index (κ3) is 6.66. The van der Waals surface area contributed by atoms with Crippen LogP contribution in [0, 0.1) is 5.41 Å². The van der Waals surface area contributed by atoms with E-state index in [4.69, 9.17) is 5.11 Å². The normalized spacial score (nSPS) is 13.7. The minimum Gasteiger partial charge on any atom is -0.481 e. The summed E-state index contributed by atoms with van der Waals surface area (Å²) in [6, 6.07) is 0. The SMILES string of the molecule is C=C(CCC(=O)O)C(O)CC(C)(C)C. The van der Waals surface area contributed by atoms with Crippen molar-refractivity contribution in [1.82, 2.24) is 0 Å². The average molecular weight is 200 g/mol. The standard InChI is InChI=1S/C11H20O3/c1-8(5-6-10(13)14)9(12)7-11(2,3)4/h9,12H,1,5-7H2,2-4H3,(H,13,14). The molecular formula is C11H20O3. The molecule has 0 saturated carbocycles. The third-order valence-corrected chi connectivity index (χ3v) is 1.94. The molecule has 0 rings (SSSR count). The predicted octanol–water partition coefficient (Wildman–Crippen LogP) is 2.20. The summed E-state index contributed by atoms with van der Waals surface area (Å²) < 4.78 is 0. The van der Waals surface area contributed by atoms with Crippen LogP contribution in [-0.2, 0) is 4.79 Å². The molecule has 3 nitrogen and oxygen atoms in total. The molecule has 0 fully saturated rings. The molecule has 82 valence electrons. The number of aliphatic hydroxyl groups excluding tert-OH is 1. The highest BCUT2D eigenvalue weighted by Gasteiger charge is 2.18. The first kappa shape index (κ1) is 13.2. The Morgan fingerprint density at radius 3 is 2.21 bits per heavy atom. The van der Waals surface area contributed by atoms with E-state index in [2.05, 4.69) is 6.58 Å². The van der Waals surface area contributed by atoms with Crippen molar-refractivity contribution in [3.05, 3.63) is 12.2 Å². The molecule has 0 amide bonds. The fraction of sp³-hybridized carbons (Fsp3) is 0.727. The van der Waals surface area contributed by atoms with Crippen molar-refractivity contribution in [2.75, 3.05) is 0 Å². The van der Waals surface area contributed by atoms with Crippen LogP contribution in [0.25, 0.3) is 0 Å². The number of carboxylic acids is 1. The highest BCUT2D eigenvalue weighted by Crippen LogP contribution is 2.24. The Morgan fingerprint density at radius 2 is 1.86 bits per heavy atom. The molecule has 0 radical (unpaired) electrons. The van der Waals surface area contributed by atoms with Crippen molar-refractivity contribution in [2.45, 2.75) is 46.1 Å². The van der Waals surface area contributed by atoms with Gasteiger partial charge in [0, 0.05) is 6.42 Å². The molecule has 1 unspecified atom stereocenters. The van der Waals surface area contributed by atoms with Crippen LogP contribution in [0.15, 0.2) is 12.2 Å². The van der Waals surface area contributed by atoms with Crippen LogP contribution in [0.5, 0.6) is 0 Å². The maximum absolute atomic E-state index is 10.3. The van der Waals surface area contributed by atoms with Gasteiger partial charge in [0.2, 0.25) is 0 Å². The second-order valence-electron chi connectivity index (χ2n) is 4.83. The lowest BCUT2D eigenvalue weighted by Crippen LogP contribution is -2.19. The molecular weight excluding hydrogens is 180 g/mol. The number of hydrogen-bond donors (Lipinski definition) is 2. The lowest BCUT2D eigenvalue weighted by Gasteiger charge is -2.23. The molecule has 0 aliphatic heterocycles. The molecule has 0 aliphatic carbocycles. The zero-order chi connectivity index (χ0) is 11.4. The van der Waals surface area contributed by atoms with Crippen molar-refractivity contribution in [3.63, 3.8) is 0 Å². The fourth-order valence-corrected chi connectivity index (χ4v) is 1.16. The second kappa shape index (κ2) is 5.15. The fourth-order valence-electron chi connectivity index (χ4n) is 1.16. The first-order chi connectivity index (χ1) is 6.22. The minimum atomic E-state index is -0.853. The summed E-state index contributed by atoms with van der Waals surface area (Å²) in [7, 11) is 0. The second-order valence-corrected chi connectivity index (χ2v) is 4.83. The molecule has 0 spiro atoms. The van der Waals surface area contributed by atoms with Crippen molar-refractivity contribution < 1.29 is 15.0 Å². The molecule has 0 aromatic heterocycles. The van der Waals surface area contributed by atoms with Gasteiger partial charge in [0.1, 0.15) is 0 Å². The number of hydrogen-bond acceptors (Lipinski definition) is 2. The lowest BCUT2D eigenvalue weighted by molar-refractivity contribution is -0.137. The molecule has 0 bridgehead atoms. The summed E-state index contributed by atoms with van der Waals surface area (Å²) in [5, 5.41) is 18.1. The Hall–Kier alpha value is -0.830.